The number of likely N-dealkylation sites (tertiary alicyclic amines) is 1. The van der Waals surface area contributed by atoms with Crippen LogP contribution in [0.1, 0.15) is 29.7 Å². The summed E-state index contributed by atoms with van der Waals surface area (Å²) in [5, 5.41) is 2.05. The van der Waals surface area contributed by atoms with E-state index in [2.05, 4.69) is 34.1 Å². The van der Waals surface area contributed by atoms with E-state index in [1.54, 1.807) is 23.3 Å². The quantitative estimate of drug-likeness (QED) is 0.646. The molecule has 162 valence electrons. The molecule has 1 unspecified atom stereocenters. The molecule has 1 saturated heterocycles. The Labute approximate surface area is 182 Å². The SMILES string of the molecule is COCCN(C)C(=O)C(Cc1cscn1)CN1CCC2(CC1)OCc1ccccc12. The number of carbonyl (C=O) groups excluding carboxylic acids is 1. The Hall–Kier alpha value is -1.80. The molecule has 1 atom stereocenters. The minimum atomic E-state index is -0.142. The number of piperidine rings is 1. The Morgan fingerprint density at radius 3 is 2.90 bits per heavy atom. The Balaban J connectivity index is 1.40. The van der Waals surface area contributed by atoms with Gasteiger partial charge in [0, 0.05) is 52.1 Å². The molecule has 4 rings (SSSR count). The van der Waals surface area contributed by atoms with Crippen molar-refractivity contribution in [2.24, 2.45) is 5.92 Å². The maximum Gasteiger partial charge on any atom is 0.227 e. The van der Waals surface area contributed by atoms with Crippen molar-refractivity contribution in [2.45, 2.75) is 31.5 Å². The van der Waals surface area contributed by atoms with Crippen LogP contribution in [-0.4, -0.2) is 67.6 Å². The molecule has 3 heterocycles. The number of rotatable bonds is 8. The lowest BCUT2D eigenvalue weighted by molar-refractivity contribution is -0.136. The number of methoxy groups -OCH3 is 1. The fraction of sp³-hybridized carbons (Fsp3) is 0.565. The maximum atomic E-state index is 13.2. The number of ether oxygens (including phenoxy) is 2. The van der Waals surface area contributed by atoms with Crippen molar-refractivity contribution in [3.05, 3.63) is 52.0 Å². The van der Waals surface area contributed by atoms with E-state index >= 15 is 0 Å². The van der Waals surface area contributed by atoms with Gasteiger partial charge in [0.25, 0.3) is 0 Å². The third-order valence-electron chi connectivity index (χ3n) is 6.45. The van der Waals surface area contributed by atoms with Gasteiger partial charge in [-0.3, -0.25) is 4.79 Å². The molecule has 0 bridgehead atoms. The van der Waals surface area contributed by atoms with Crippen molar-refractivity contribution in [1.29, 1.82) is 0 Å². The summed E-state index contributed by atoms with van der Waals surface area (Å²) in [6, 6.07) is 8.59. The van der Waals surface area contributed by atoms with Crippen molar-refractivity contribution >= 4 is 17.2 Å². The third-order valence-corrected chi connectivity index (χ3v) is 7.09. The highest BCUT2D eigenvalue weighted by Crippen LogP contribution is 2.44. The van der Waals surface area contributed by atoms with Gasteiger partial charge in [0.2, 0.25) is 5.91 Å². The van der Waals surface area contributed by atoms with Crippen LogP contribution in [0.25, 0.3) is 0 Å². The number of hydrogen-bond acceptors (Lipinski definition) is 6. The van der Waals surface area contributed by atoms with Crippen molar-refractivity contribution in [3.63, 3.8) is 0 Å². The molecule has 1 fully saturated rings. The van der Waals surface area contributed by atoms with Crippen LogP contribution in [-0.2, 0) is 32.9 Å². The summed E-state index contributed by atoms with van der Waals surface area (Å²) in [5.41, 5.74) is 5.38. The van der Waals surface area contributed by atoms with Crippen LogP contribution in [0, 0.1) is 5.92 Å². The van der Waals surface area contributed by atoms with E-state index < -0.39 is 0 Å². The van der Waals surface area contributed by atoms with Crippen LogP contribution in [0.3, 0.4) is 0 Å². The van der Waals surface area contributed by atoms with Crippen LogP contribution in [0.5, 0.6) is 0 Å². The summed E-state index contributed by atoms with van der Waals surface area (Å²) < 4.78 is 11.4. The van der Waals surface area contributed by atoms with E-state index in [4.69, 9.17) is 9.47 Å². The monoisotopic (exact) mass is 429 g/mol. The number of carbonyl (C=O) groups is 1. The lowest BCUT2D eigenvalue weighted by Crippen LogP contribution is -2.47. The second-order valence-electron chi connectivity index (χ2n) is 8.37. The van der Waals surface area contributed by atoms with Crippen molar-refractivity contribution < 1.29 is 14.3 Å². The molecule has 2 aromatic rings. The van der Waals surface area contributed by atoms with E-state index in [0.717, 1.165) is 38.2 Å². The van der Waals surface area contributed by atoms with Gasteiger partial charge in [-0.2, -0.15) is 0 Å². The van der Waals surface area contributed by atoms with Gasteiger partial charge >= 0.3 is 0 Å². The molecule has 7 heteroatoms. The minimum Gasteiger partial charge on any atom is -0.383 e. The molecule has 0 radical (unpaired) electrons. The van der Waals surface area contributed by atoms with Gasteiger partial charge in [0.15, 0.2) is 0 Å². The predicted molar refractivity (Wildman–Crippen MR) is 117 cm³/mol. The Morgan fingerprint density at radius 1 is 1.37 bits per heavy atom. The van der Waals surface area contributed by atoms with Crippen LogP contribution in [0.2, 0.25) is 0 Å². The molecule has 30 heavy (non-hydrogen) atoms. The molecule has 1 aromatic heterocycles. The number of nitrogens with zero attached hydrogens (tertiary/aromatic N) is 3. The van der Waals surface area contributed by atoms with E-state index in [-0.39, 0.29) is 17.4 Å². The van der Waals surface area contributed by atoms with E-state index in [1.165, 1.54) is 11.1 Å². The van der Waals surface area contributed by atoms with Gasteiger partial charge in [-0.1, -0.05) is 24.3 Å². The first kappa shape index (κ1) is 21.4. The van der Waals surface area contributed by atoms with Crippen LogP contribution in [0.4, 0.5) is 0 Å². The Morgan fingerprint density at radius 2 is 2.17 bits per heavy atom. The van der Waals surface area contributed by atoms with Gasteiger partial charge < -0.3 is 19.3 Å². The van der Waals surface area contributed by atoms with Crippen molar-refractivity contribution in [1.82, 2.24) is 14.8 Å². The van der Waals surface area contributed by atoms with E-state index in [9.17, 15) is 4.79 Å². The molecular formula is C23H31N3O3S. The molecule has 1 amide bonds. The normalized spacial score (nSPS) is 19.0. The first-order chi connectivity index (χ1) is 14.6. The number of benzene rings is 1. The second-order valence-corrected chi connectivity index (χ2v) is 9.09. The molecule has 1 spiro atoms. The zero-order chi connectivity index (χ0) is 21.0. The average molecular weight is 430 g/mol. The highest BCUT2D eigenvalue weighted by Gasteiger charge is 2.42. The van der Waals surface area contributed by atoms with Crippen LogP contribution < -0.4 is 0 Å². The first-order valence-corrected chi connectivity index (χ1v) is 11.6. The molecule has 6 nitrogen and oxygen atoms in total. The average Bonchev–Trinajstić information content (AvgIpc) is 3.41. The molecular weight excluding hydrogens is 398 g/mol. The Kier molecular flexibility index (Phi) is 6.83. The second kappa shape index (κ2) is 9.56. The fourth-order valence-corrected chi connectivity index (χ4v) is 5.25. The van der Waals surface area contributed by atoms with E-state index in [0.29, 0.717) is 26.2 Å². The van der Waals surface area contributed by atoms with Gasteiger partial charge in [0.1, 0.15) is 0 Å². The predicted octanol–water partition coefficient (Wildman–Crippen LogP) is 2.93. The highest BCUT2D eigenvalue weighted by atomic mass is 32.1. The summed E-state index contributed by atoms with van der Waals surface area (Å²) in [7, 11) is 3.53. The highest BCUT2D eigenvalue weighted by molar-refractivity contribution is 7.07. The zero-order valence-electron chi connectivity index (χ0n) is 17.9. The van der Waals surface area contributed by atoms with Crippen molar-refractivity contribution in [3.8, 4) is 0 Å². The Bertz CT molecular complexity index is 834. The number of thiazole rings is 1. The maximum absolute atomic E-state index is 13.2. The molecule has 2 aliphatic rings. The third kappa shape index (κ3) is 4.59. The lowest BCUT2D eigenvalue weighted by Gasteiger charge is -2.40. The van der Waals surface area contributed by atoms with Crippen LogP contribution >= 0.6 is 11.3 Å². The number of likely N-dealkylation sites (N-methyl/N-ethyl adjacent to an activating group) is 1. The summed E-state index contributed by atoms with van der Waals surface area (Å²) in [6.45, 7) is 4.51. The number of aromatic nitrogens is 1. The largest absolute Gasteiger partial charge is 0.383 e. The standard InChI is InChI=1S/C23H31N3O3S/c1-25(11-12-28-2)22(27)19(13-20-16-30-17-24-20)14-26-9-7-23(8-10-26)21-6-4-3-5-18(21)15-29-23/h3-6,16-17,19H,7-15H2,1-2H3. The summed E-state index contributed by atoms with van der Waals surface area (Å²) >= 11 is 1.58. The fourth-order valence-electron chi connectivity index (χ4n) is 4.68. The molecule has 0 saturated carbocycles. The van der Waals surface area contributed by atoms with Crippen LogP contribution in [0.15, 0.2) is 35.2 Å². The number of amides is 1. The van der Waals surface area contributed by atoms with Gasteiger partial charge in [-0.05, 0) is 24.0 Å². The summed E-state index contributed by atoms with van der Waals surface area (Å²) in [5.74, 6) is 0.0718. The molecule has 1 aromatic carbocycles. The topological polar surface area (TPSA) is 54.9 Å². The van der Waals surface area contributed by atoms with E-state index in [1.807, 2.05) is 17.9 Å². The van der Waals surface area contributed by atoms with Gasteiger partial charge in [0.05, 0.1) is 35.9 Å². The smallest absolute Gasteiger partial charge is 0.227 e. The van der Waals surface area contributed by atoms with Gasteiger partial charge in [-0.15, -0.1) is 11.3 Å². The van der Waals surface area contributed by atoms with Crippen molar-refractivity contribution in [2.75, 3.05) is 46.9 Å². The summed E-state index contributed by atoms with van der Waals surface area (Å²) in [4.78, 5) is 21.8. The minimum absolute atomic E-state index is 0.0974. The van der Waals surface area contributed by atoms with Gasteiger partial charge in [-0.25, -0.2) is 4.98 Å². The summed E-state index contributed by atoms with van der Waals surface area (Å²) in [6.07, 6.45) is 2.63. The first-order valence-electron chi connectivity index (χ1n) is 10.7. The molecule has 2 aliphatic heterocycles. The molecule has 0 N–H and O–H groups in total. The molecule has 0 aliphatic carbocycles. The zero-order valence-corrected chi connectivity index (χ0v) is 18.7. The lowest BCUT2D eigenvalue weighted by atomic mass is 9.83. The number of hydrogen-bond donors (Lipinski definition) is 0. The number of fused-ring (bicyclic) bond motifs is 2.